The average Bonchev–Trinajstić information content (AvgIpc) is 3.18. The van der Waals surface area contributed by atoms with Crippen LogP contribution in [0.15, 0.2) is 59.4 Å². The van der Waals surface area contributed by atoms with Crippen LogP contribution in [0.2, 0.25) is 5.02 Å². The van der Waals surface area contributed by atoms with Crippen molar-refractivity contribution in [2.24, 2.45) is 5.73 Å². The Labute approximate surface area is 194 Å². The number of urea groups is 1. The molecule has 2 saturated heterocycles. The third-order valence-electron chi connectivity index (χ3n) is 5.65. The predicted octanol–water partition coefficient (Wildman–Crippen LogP) is 3.74. The fourth-order valence-electron chi connectivity index (χ4n) is 4.12. The second kappa shape index (κ2) is 11.6. The van der Waals surface area contributed by atoms with E-state index in [4.69, 9.17) is 28.9 Å². The van der Waals surface area contributed by atoms with E-state index in [2.05, 4.69) is 32.1 Å². The summed E-state index contributed by atoms with van der Waals surface area (Å²) in [5.41, 5.74) is 7.22. The first-order chi connectivity index (χ1) is 14.9. The Morgan fingerprint density at radius 2 is 1.90 bits per heavy atom. The van der Waals surface area contributed by atoms with Gasteiger partial charge in [0.25, 0.3) is 0 Å². The van der Waals surface area contributed by atoms with Crippen molar-refractivity contribution in [2.75, 3.05) is 39.3 Å². The maximum Gasteiger partial charge on any atom is 0.316 e. The molecule has 2 aliphatic rings. The van der Waals surface area contributed by atoms with Crippen molar-refractivity contribution in [3.8, 4) is 0 Å². The first kappa shape index (κ1) is 23.7. The third kappa shape index (κ3) is 7.58. The molecule has 2 fully saturated rings. The Morgan fingerprint density at radius 1 is 1.19 bits per heavy atom. The largest absolute Gasteiger partial charge is 0.374 e. The van der Waals surface area contributed by atoms with Gasteiger partial charge < -0.3 is 16.0 Å². The summed E-state index contributed by atoms with van der Waals surface area (Å²) >= 11 is 12.2. The minimum atomic E-state index is -0.597. The van der Waals surface area contributed by atoms with Crippen LogP contribution in [0.5, 0.6) is 0 Å². The fourth-order valence-corrected chi connectivity index (χ4v) is 4.49. The van der Waals surface area contributed by atoms with Gasteiger partial charge in [0.1, 0.15) is 0 Å². The van der Waals surface area contributed by atoms with E-state index >= 15 is 0 Å². The lowest BCUT2D eigenvalue weighted by molar-refractivity contribution is 0.0954. The number of primary amides is 1. The van der Waals surface area contributed by atoms with Crippen molar-refractivity contribution in [3.63, 3.8) is 0 Å². The maximum atomic E-state index is 11.4. The molecule has 3 N–H and O–H groups in total. The number of nitrogens with two attached hydrogens (primary N) is 1. The Bertz CT molecular complexity index is 829. The second-order valence-corrected chi connectivity index (χ2v) is 8.85. The van der Waals surface area contributed by atoms with Gasteiger partial charge in [-0.05, 0) is 43.2 Å². The number of allylic oxidation sites excluding steroid dienone is 4. The van der Waals surface area contributed by atoms with Crippen molar-refractivity contribution in [1.29, 1.82) is 0 Å². The Morgan fingerprint density at radius 3 is 2.55 bits per heavy atom. The van der Waals surface area contributed by atoms with E-state index in [-0.39, 0.29) is 0 Å². The van der Waals surface area contributed by atoms with Gasteiger partial charge >= 0.3 is 6.03 Å². The van der Waals surface area contributed by atoms with Crippen molar-refractivity contribution in [1.82, 2.24) is 20.0 Å². The second-order valence-electron chi connectivity index (χ2n) is 7.98. The summed E-state index contributed by atoms with van der Waals surface area (Å²) in [4.78, 5) is 18.7. The van der Waals surface area contributed by atoms with E-state index in [9.17, 15) is 4.79 Å². The molecule has 3 rings (SSSR count). The standard InChI is InChI=1S/C23H31Cl2N5O/c1-2-3-20(25)14-21(27-23(26)31)16-29-9-8-22(17-29)30-12-10-28(11-13-30)15-18-4-6-19(24)7-5-18/h2-7,14,16,22H,8-13,15,17H2,1H3,(H3,26,27,31)/b3-2-,20-14+,21-16-. The summed E-state index contributed by atoms with van der Waals surface area (Å²) in [5, 5.41) is 3.97. The van der Waals surface area contributed by atoms with Crippen LogP contribution < -0.4 is 11.1 Å². The molecule has 168 valence electrons. The van der Waals surface area contributed by atoms with E-state index < -0.39 is 6.03 Å². The molecule has 0 saturated carbocycles. The highest BCUT2D eigenvalue weighted by atomic mass is 35.5. The van der Waals surface area contributed by atoms with Crippen molar-refractivity contribution in [3.05, 3.63) is 70.0 Å². The number of hydrogen-bond acceptors (Lipinski definition) is 4. The van der Waals surface area contributed by atoms with Crippen LogP contribution >= 0.6 is 23.2 Å². The first-order valence-electron chi connectivity index (χ1n) is 10.7. The number of piperazine rings is 1. The van der Waals surface area contributed by atoms with E-state index in [0.29, 0.717) is 16.8 Å². The van der Waals surface area contributed by atoms with E-state index in [1.807, 2.05) is 31.3 Å². The smallest absolute Gasteiger partial charge is 0.316 e. The van der Waals surface area contributed by atoms with Crippen molar-refractivity contribution in [2.45, 2.75) is 25.9 Å². The first-order valence-corrected chi connectivity index (χ1v) is 11.4. The number of nitrogens with zero attached hydrogens (tertiary/aromatic N) is 3. The summed E-state index contributed by atoms with van der Waals surface area (Å²) in [5.74, 6) is 0. The topological polar surface area (TPSA) is 64.8 Å². The normalized spacial score (nSPS) is 21.8. The number of halogens is 2. The monoisotopic (exact) mass is 463 g/mol. The zero-order valence-electron chi connectivity index (χ0n) is 17.9. The Kier molecular flexibility index (Phi) is 8.84. The zero-order chi connectivity index (χ0) is 22.2. The van der Waals surface area contributed by atoms with Crippen LogP contribution in [0, 0.1) is 0 Å². The van der Waals surface area contributed by atoms with Gasteiger partial charge in [0.2, 0.25) is 0 Å². The van der Waals surface area contributed by atoms with Crippen LogP contribution in [-0.4, -0.2) is 66.0 Å². The summed E-state index contributed by atoms with van der Waals surface area (Å²) in [6, 6.07) is 8.03. The van der Waals surface area contributed by atoms with E-state index in [1.165, 1.54) is 5.56 Å². The van der Waals surface area contributed by atoms with Gasteiger partial charge in [-0.3, -0.25) is 9.80 Å². The lowest BCUT2D eigenvalue weighted by Crippen LogP contribution is -2.50. The van der Waals surface area contributed by atoms with Gasteiger partial charge in [-0.1, -0.05) is 41.4 Å². The Balaban J connectivity index is 1.52. The lowest BCUT2D eigenvalue weighted by atomic mass is 10.1. The number of amides is 2. The summed E-state index contributed by atoms with van der Waals surface area (Å²) in [6.45, 7) is 8.97. The number of nitrogens with one attached hydrogen (secondary N) is 1. The van der Waals surface area contributed by atoms with Crippen LogP contribution in [0.4, 0.5) is 4.79 Å². The highest BCUT2D eigenvalue weighted by molar-refractivity contribution is 6.31. The predicted molar refractivity (Wildman–Crippen MR) is 128 cm³/mol. The molecule has 8 heteroatoms. The van der Waals surface area contributed by atoms with E-state index in [0.717, 1.165) is 57.3 Å². The van der Waals surface area contributed by atoms with Gasteiger partial charge in [-0.2, -0.15) is 0 Å². The zero-order valence-corrected chi connectivity index (χ0v) is 19.4. The Hall–Kier alpha value is -1.99. The highest BCUT2D eigenvalue weighted by Crippen LogP contribution is 2.20. The maximum absolute atomic E-state index is 11.4. The number of benzene rings is 1. The number of hydrogen-bond donors (Lipinski definition) is 2. The lowest BCUT2D eigenvalue weighted by Gasteiger charge is -2.38. The number of carbonyl (C=O) groups excluding carboxylic acids is 1. The molecule has 0 aromatic heterocycles. The molecule has 0 bridgehead atoms. The average molecular weight is 464 g/mol. The number of likely N-dealkylation sites (tertiary alicyclic amines) is 1. The third-order valence-corrected chi connectivity index (χ3v) is 6.13. The molecule has 2 heterocycles. The van der Waals surface area contributed by atoms with Crippen LogP contribution in [0.1, 0.15) is 18.9 Å². The summed E-state index contributed by atoms with van der Waals surface area (Å²) < 4.78 is 0. The van der Waals surface area contributed by atoms with Crippen LogP contribution in [0.25, 0.3) is 0 Å². The number of carbonyl (C=O) groups is 1. The molecule has 2 aliphatic heterocycles. The van der Waals surface area contributed by atoms with Crippen molar-refractivity contribution >= 4 is 29.2 Å². The minimum Gasteiger partial charge on any atom is -0.374 e. The molecule has 0 spiro atoms. The van der Waals surface area contributed by atoms with Gasteiger partial charge in [0.15, 0.2) is 0 Å². The SMILES string of the molecule is C\C=C/C(Cl)=C\C(=C\N1CCC(N2CCN(Cc3ccc(Cl)cc3)CC2)C1)NC(N)=O. The molecule has 6 nitrogen and oxygen atoms in total. The van der Waals surface area contributed by atoms with Gasteiger partial charge in [0, 0.05) is 68.1 Å². The molecule has 1 unspecified atom stereocenters. The van der Waals surface area contributed by atoms with Gasteiger partial charge in [-0.15, -0.1) is 0 Å². The molecule has 31 heavy (non-hydrogen) atoms. The van der Waals surface area contributed by atoms with E-state index in [1.54, 1.807) is 12.2 Å². The van der Waals surface area contributed by atoms with Crippen molar-refractivity contribution < 1.29 is 4.79 Å². The molecular weight excluding hydrogens is 433 g/mol. The highest BCUT2D eigenvalue weighted by Gasteiger charge is 2.29. The summed E-state index contributed by atoms with van der Waals surface area (Å²) in [7, 11) is 0. The molecule has 0 radical (unpaired) electrons. The number of rotatable bonds is 7. The molecule has 0 aliphatic carbocycles. The van der Waals surface area contributed by atoms with Gasteiger partial charge in [-0.25, -0.2) is 4.79 Å². The summed E-state index contributed by atoms with van der Waals surface area (Å²) in [6.07, 6.45) is 8.38. The quantitative estimate of drug-likeness (QED) is 0.604. The molecule has 1 atom stereocenters. The van der Waals surface area contributed by atoms with Gasteiger partial charge in [0.05, 0.1) is 5.70 Å². The fraction of sp³-hybridized carbons (Fsp3) is 0.435. The molecule has 2 amide bonds. The molecule has 1 aromatic carbocycles. The van der Waals surface area contributed by atoms with Crippen LogP contribution in [-0.2, 0) is 6.54 Å². The molecule has 1 aromatic rings. The van der Waals surface area contributed by atoms with Crippen LogP contribution in [0.3, 0.4) is 0 Å². The minimum absolute atomic E-state index is 0.513. The molecular formula is C23H31Cl2N5O.